The quantitative estimate of drug-likeness (QED) is 0.535. The molecular weight excluding hydrogens is 388 g/mol. The van der Waals surface area contributed by atoms with Gasteiger partial charge in [-0.3, -0.25) is 9.78 Å². The lowest BCUT2D eigenvalue weighted by Crippen LogP contribution is -2.30. The zero-order valence-electron chi connectivity index (χ0n) is 19.1. The highest BCUT2D eigenvalue weighted by Crippen LogP contribution is 2.44. The van der Waals surface area contributed by atoms with E-state index in [4.69, 9.17) is 14.8 Å². The highest BCUT2D eigenvalue weighted by atomic mass is 16.5. The molecule has 2 saturated carbocycles. The van der Waals surface area contributed by atoms with Gasteiger partial charge in [0.05, 0.1) is 23.7 Å². The lowest BCUT2D eigenvalue weighted by Gasteiger charge is -2.37. The number of hydrogen-bond donors (Lipinski definition) is 2. The van der Waals surface area contributed by atoms with Crippen LogP contribution in [0.1, 0.15) is 82.9 Å². The van der Waals surface area contributed by atoms with E-state index in [2.05, 4.69) is 50.4 Å². The first kappa shape index (κ1) is 22.1. The van der Waals surface area contributed by atoms with Crippen LogP contribution in [0, 0.1) is 11.3 Å². The van der Waals surface area contributed by atoms with Gasteiger partial charge in [-0.15, -0.1) is 0 Å². The molecule has 0 saturated heterocycles. The summed E-state index contributed by atoms with van der Waals surface area (Å²) >= 11 is 0. The molecule has 168 valence electrons. The fourth-order valence-electron chi connectivity index (χ4n) is 4.84. The highest BCUT2D eigenvalue weighted by Gasteiger charge is 2.31. The van der Waals surface area contributed by atoms with E-state index in [1.165, 1.54) is 36.6 Å². The fraction of sp³-hybridized carbons (Fsp3) is 0.615. The number of nitrogens with one attached hydrogen (secondary N) is 1. The summed E-state index contributed by atoms with van der Waals surface area (Å²) in [5.41, 5.74) is 3.73. The number of carboxylic acid groups (broad SMARTS) is 1. The Balaban J connectivity index is 1.45. The Morgan fingerprint density at radius 2 is 1.87 bits per heavy atom. The predicted octanol–water partition coefficient (Wildman–Crippen LogP) is 5.66. The topological polar surface area (TPSA) is 71.5 Å². The average Bonchev–Trinajstić information content (AvgIpc) is 3.56. The van der Waals surface area contributed by atoms with Crippen molar-refractivity contribution in [1.29, 1.82) is 0 Å². The van der Waals surface area contributed by atoms with Gasteiger partial charge in [0.25, 0.3) is 0 Å². The molecule has 5 heteroatoms. The number of nitrogens with zero attached hydrogens (tertiary/aromatic N) is 1. The van der Waals surface area contributed by atoms with Crippen LogP contribution in [0.5, 0.6) is 5.75 Å². The lowest BCUT2D eigenvalue weighted by atomic mass is 9.72. The summed E-state index contributed by atoms with van der Waals surface area (Å²) in [4.78, 5) is 15.5. The predicted molar refractivity (Wildman–Crippen MR) is 124 cm³/mol. The molecule has 2 aromatic rings. The molecule has 2 fully saturated rings. The summed E-state index contributed by atoms with van der Waals surface area (Å²) in [7, 11) is 0. The van der Waals surface area contributed by atoms with Crippen LogP contribution in [0.15, 0.2) is 24.3 Å². The summed E-state index contributed by atoms with van der Waals surface area (Å²) < 4.78 is 6.42. The van der Waals surface area contributed by atoms with Crippen LogP contribution in [0.4, 0.5) is 0 Å². The smallest absolute Gasteiger partial charge is 0.304 e. The third-order valence-corrected chi connectivity index (χ3v) is 6.91. The molecule has 1 heterocycles. The molecule has 31 heavy (non-hydrogen) atoms. The van der Waals surface area contributed by atoms with Crippen LogP contribution in [0.3, 0.4) is 0 Å². The van der Waals surface area contributed by atoms with E-state index in [9.17, 15) is 4.79 Å². The number of aliphatic carboxylic acids is 1. The Kier molecular flexibility index (Phi) is 6.52. The van der Waals surface area contributed by atoms with Crippen molar-refractivity contribution in [3.63, 3.8) is 0 Å². The van der Waals surface area contributed by atoms with Crippen molar-refractivity contribution in [3.05, 3.63) is 35.5 Å². The van der Waals surface area contributed by atoms with Gasteiger partial charge in [0.2, 0.25) is 0 Å². The van der Waals surface area contributed by atoms with Crippen molar-refractivity contribution in [3.8, 4) is 5.75 Å². The second-order valence-electron chi connectivity index (χ2n) is 10.4. The Morgan fingerprint density at radius 3 is 2.52 bits per heavy atom. The maximum atomic E-state index is 10.7. The van der Waals surface area contributed by atoms with E-state index < -0.39 is 5.97 Å². The first-order valence-corrected chi connectivity index (χ1v) is 11.8. The van der Waals surface area contributed by atoms with Crippen molar-refractivity contribution in [2.75, 3.05) is 6.54 Å². The molecule has 0 amide bonds. The molecule has 0 aliphatic heterocycles. The van der Waals surface area contributed by atoms with Crippen LogP contribution in [0.25, 0.3) is 10.9 Å². The molecule has 0 radical (unpaired) electrons. The fourth-order valence-corrected chi connectivity index (χ4v) is 4.84. The Morgan fingerprint density at radius 1 is 1.13 bits per heavy atom. The summed E-state index contributed by atoms with van der Waals surface area (Å²) in [6, 6.07) is 8.53. The average molecular weight is 425 g/mol. The molecule has 5 nitrogen and oxygen atoms in total. The maximum absolute atomic E-state index is 10.7. The largest absolute Gasteiger partial charge is 0.490 e. The molecule has 0 spiro atoms. The van der Waals surface area contributed by atoms with E-state index in [1.807, 2.05) is 0 Å². The van der Waals surface area contributed by atoms with E-state index in [-0.39, 0.29) is 6.42 Å². The summed E-state index contributed by atoms with van der Waals surface area (Å²) in [5.74, 6) is 1.58. The highest BCUT2D eigenvalue weighted by molar-refractivity contribution is 5.84. The van der Waals surface area contributed by atoms with Gasteiger partial charge in [0.15, 0.2) is 0 Å². The molecule has 0 atom stereocenters. The number of carbonyl (C=O) groups is 1. The number of carboxylic acids is 1. The molecular formula is C26H36N2O3. The minimum atomic E-state index is -0.780. The van der Waals surface area contributed by atoms with E-state index in [1.54, 1.807) is 0 Å². The standard InChI is InChI=1S/C26H36N2O3/c1-26(2,3)18-6-8-20(9-7-18)31-21-10-11-24-23(15-21)22(17-4-5-17)14-19(28-24)16-27-13-12-25(29)30/h10-11,14-15,17-18,20,27H,4-9,12-13,16H2,1-3H3,(H,29,30). The van der Waals surface area contributed by atoms with Gasteiger partial charge in [-0.2, -0.15) is 0 Å². The number of fused-ring (bicyclic) bond motifs is 1. The lowest BCUT2D eigenvalue weighted by molar-refractivity contribution is -0.136. The zero-order valence-corrected chi connectivity index (χ0v) is 19.1. The second kappa shape index (κ2) is 9.15. The van der Waals surface area contributed by atoms with Gasteiger partial charge in [0.1, 0.15) is 5.75 Å². The SMILES string of the molecule is CC(C)(C)C1CCC(Oc2ccc3nc(CNCCC(=O)O)cc(C4CC4)c3c2)CC1. The molecule has 2 aliphatic rings. The van der Waals surface area contributed by atoms with E-state index >= 15 is 0 Å². The Labute approximate surface area is 185 Å². The third kappa shape index (κ3) is 5.76. The number of ether oxygens (including phenoxy) is 1. The summed E-state index contributed by atoms with van der Waals surface area (Å²) in [5, 5.41) is 13.2. The van der Waals surface area contributed by atoms with Crippen molar-refractivity contribution < 1.29 is 14.6 Å². The van der Waals surface area contributed by atoms with Crippen molar-refractivity contribution in [2.24, 2.45) is 11.3 Å². The number of pyridine rings is 1. The minimum absolute atomic E-state index is 0.126. The molecule has 1 aromatic carbocycles. The monoisotopic (exact) mass is 424 g/mol. The number of hydrogen-bond acceptors (Lipinski definition) is 4. The van der Waals surface area contributed by atoms with Crippen LogP contribution in [-0.4, -0.2) is 28.7 Å². The molecule has 4 rings (SSSR count). The summed E-state index contributed by atoms with van der Waals surface area (Å²) in [6.45, 7) is 8.11. The van der Waals surface area contributed by atoms with E-state index in [0.29, 0.717) is 30.5 Å². The molecule has 2 aliphatic carbocycles. The van der Waals surface area contributed by atoms with Crippen LogP contribution in [0.2, 0.25) is 0 Å². The molecule has 1 aromatic heterocycles. The van der Waals surface area contributed by atoms with Crippen LogP contribution < -0.4 is 10.1 Å². The van der Waals surface area contributed by atoms with Crippen molar-refractivity contribution >= 4 is 16.9 Å². The molecule has 2 N–H and O–H groups in total. The number of benzene rings is 1. The molecule has 0 unspecified atom stereocenters. The van der Waals surface area contributed by atoms with Gasteiger partial charge in [-0.05, 0) is 85.6 Å². The van der Waals surface area contributed by atoms with Crippen molar-refractivity contribution in [1.82, 2.24) is 10.3 Å². The van der Waals surface area contributed by atoms with Gasteiger partial charge < -0.3 is 15.2 Å². The van der Waals surface area contributed by atoms with Gasteiger partial charge in [0, 0.05) is 18.5 Å². The van der Waals surface area contributed by atoms with Crippen LogP contribution in [-0.2, 0) is 11.3 Å². The Bertz CT molecular complexity index is 922. The normalized spacial score (nSPS) is 21.9. The van der Waals surface area contributed by atoms with Crippen LogP contribution >= 0.6 is 0 Å². The zero-order chi connectivity index (χ0) is 22.0. The van der Waals surface area contributed by atoms with Crippen molar-refractivity contribution in [2.45, 2.75) is 84.3 Å². The molecule has 0 bridgehead atoms. The number of rotatable bonds is 8. The summed E-state index contributed by atoms with van der Waals surface area (Å²) in [6.07, 6.45) is 7.65. The van der Waals surface area contributed by atoms with E-state index in [0.717, 1.165) is 35.7 Å². The maximum Gasteiger partial charge on any atom is 0.304 e. The van der Waals surface area contributed by atoms with Gasteiger partial charge >= 0.3 is 5.97 Å². The first-order chi connectivity index (χ1) is 14.8. The number of aromatic nitrogens is 1. The minimum Gasteiger partial charge on any atom is -0.490 e. The first-order valence-electron chi connectivity index (χ1n) is 11.8. The Hall–Kier alpha value is -2.14. The third-order valence-electron chi connectivity index (χ3n) is 6.91. The second-order valence-corrected chi connectivity index (χ2v) is 10.4. The van der Waals surface area contributed by atoms with Gasteiger partial charge in [-0.25, -0.2) is 0 Å². The van der Waals surface area contributed by atoms with Gasteiger partial charge in [-0.1, -0.05) is 20.8 Å².